The Hall–Kier alpha value is -2.36. The summed E-state index contributed by atoms with van der Waals surface area (Å²) in [6.07, 6.45) is 4.09. The molecule has 1 aliphatic rings. The molecular weight excluding hydrogens is 238 g/mol. The second kappa shape index (κ2) is 4.72. The van der Waals surface area contributed by atoms with Gasteiger partial charge in [0.25, 0.3) is 5.91 Å². The van der Waals surface area contributed by atoms with Crippen LogP contribution >= 0.6 is 0 Å². The second-order valence-electron chi connectivity index (χ2n) is 4.70. The highest BCUT2D eigenvalue weighted by molar-refractivity contribution is 5.94. The van der Waals surface area contributed by atoms with Crippen molar-refractivity contribution < 1.29 is 4.79 Å². The molecule has 1 aromatic carbocycles. The molecule has 0 saturated carbocycles. The topological polar surface area (TPSA) is 59.2 Å². The van der Waals surface area contributed by atoms with E-state index < -0.39 is 0 Å². The van der Waals surface area contributed by atoms with Crippen LogP contribution in [-0.2, 0) is 13.0 Å². The molecule has 2 N–H and O–H groups in total. The number of nitrogens with zero attached hydrogens (tertiary/aromatic N) is 2. The maximum Gasteiger partial charge on any atom is 0.255 e. The van der Waals surface area contributed by atoms with E-state index in [1.807, 2.05) is 23.1 Å². The summed E-state index contributed by atoms with van der Waals surface area (Å²) in [6.45, 7) is 1.32. The highest BCUT2D eigenvalue weighted by Gasteiger charge is 2.22. The lowest BCUT2D eigenvalue weighted by Gasteiger charge is -2.29. The summed E-state index contributed by atoms with van der Waals surface area (Å²) in [5.41, 5.74) is 9.74. The molecule has 4 heteroatoms. The van der Waals surface area contributed by atoms with Crippen LogP contribution in [-0.4, -0.2) is 22.3 Å². The lowest BCUT2D eigenvalue weighted by molar-refractivity contribution is 0.0734. The summed E-state index contributed by atoms with van der Waals surface area (Å²) in [5, 5.41) is 0. The lowest BCUT2D eigenvalue weighted by atomic mass is 9.97. The van der Waals surface area contributed by atoms with Crippen LogP contribution in [0.1, 0.15) is 21.5 Å². The van der Waals surface area contributed by atoms with Crippen molar-refractivity contribution >= 4 is 11.6 Å². The molecule has 1 aliphatic heterocycles. The fourth-order valence-corrected chi connectivity index (χ4v) is 2.48. The molecule has 1 amide bonds. The number of carbonyl (C=O) groups excluding carboxylic acids is 1. The highest BCUT2D eigenvalue weighted by Crippen LogP contribution is 2.24. The van der Waals surface area contributed by atoms with Gasteiger partial charge in [-0.2, -0.15) is 0 Å². The monoisotopic (exact) mass is 253 g/mol. The molecule has 2 heterocycles. The first kappa shape index (κ1) is 11.7. The fraction of sp³-hybridized carbons (Fsp3) is 0.200. The average Bonchev–Trinajstić information content (AvgIpc) is 2.47. The zero-order valence-electron chi connectivity index (χ0n) is 10.5. The average molecular weight is 253 g/mol. The van der Waals surface area contributed by atoms with Gasteiger partial charge < -0.3 is 10.6 Å². The first-order valence-electron chi connectivity index (χ1n) is 6.31. The minimum absolute atomic E-state index is 0.0289. The number of rotatable bonds is 1. The molecule has 2 aromatic rings. The molecule has 1 aromatic heterocycles. The molecule has 0 fully saturated rings. The number of aromatic nitrogens is 1. The Kier molecular flexibility index (Phi) is 2.91. The van der Waals surface area contributed by atoms with Gasteiger partial charge in [-0.05, 0) is 35.7 Å². The van der Waals surface area contributed by atoms with Crippen LogP contribution < -0.4 is 5.73 Å². The van der Waals surface area contributed by atoms with E-state index in [-0.39, 0.29) is 5.91 Å². The number of anilines is 1. The number of hydrogen-bond acceptors (Lipinski definition) is 3. The maximum absolute atomic E-state index is 12.3. The van der Waals surface area contributed by atoms with Gasteiger partial charge in [-0.25, -0.2) is 0 Å². The summed E-state index contributed by atoms with van der Waals surface area (Å²) in [6, 6.07) is 9.46. The molecule has 3 rings (SSSR count). The summed E-state index contributed by atoms with van der Waals surface area (Å²) >= 11 is 0. The third kappa shape index (κ3) is 2.17. The van der Waals surface area contributed by atoms with Crippen molar-refractivity contribution in [3.05, 3.63) is 59.4 Å². The molecular formula is C15H15N3O. The number of pyridine rings is 1. The van der Waals surface area contributed by atoms with Crippen LogP contribution in [0.4, 0.5) is 5.69 Å². The van der Waals surface area contributed by atoms with E-state index in [1.54, 1.807) is 24.5 Å². The first-order chi connectivity index (χ1) is 9.25. The predicted octanol–water partition coefficient (Wildman–Crippen LogP) is 1.86. The van der Waals surface area contributed by atoms with Crippen molar-refractivity contribution in [3.63, 3.8) is 0 Å². The van der Waals surface area contributed by atoms with Gasteiger partial charge in [-0.15, -0.1) is 0 Å². The summed E-state index contributed by atoms with van der Waals surface area (Å²) in [4.78, 5) is 18.2. The Balaban J connectivity index is 1.85. The van der Waals surface area contributed by atoms with E-state index in [0.717, 1.165) is 17.7 Å². The van der Waals surface area contributed by atoms with Gasteiger partial charge in [0.05, 0.1) is 5.56 Å². The zero-order chi connectivity index (χ0) is 13.2. The summed E-state index contributed by atoms with van der Waals surface area (Å²) < 4.78 is 0. The largest absolute Gasteiger partial charge is 0.398 e. The van der Waals surface area contributed by atoms with Gasteiger partial charge in [-0.3, -0.25) is 9.78 Å². The van der Waals surface area contributed by atoms with Gasteiger partial charge in [0.2, 0.25) is 0 Å². The zero-order valence-corrected chi connectivity index (χ0v) is 10.5. The lowest BCUT2D eigenvalue weighted by Crippen LogP contribution is -2.36. The van der Waals surface area contributed by atoms with Crippen molar-refractivity contribution in [2.75, 3.05) is 12.3 Å². The van der Waals surface area contributed by atoms with Gasteiger partial charge in [0, 0.05) is 31.2 Å². The van der Waals surface area contributed by atoms with Crippen LogP contribution in [0.2, 0.25) is 0 Å². The molecule has 19 heavy (non-hydrogen) atoms. The van der Waals surface area contributed by atoms with Gasteiger partial charge in [0.15, 0.2) is 0 Å². The van der Waals surface area contributed by atoms with Crippen LogP contribution in [0, 0.1) is 0 Å². The normalized spacial score (nSPS) is 14.0. The van der Waals surface area contributed by atoms with Crippen molar-refractivity contribution in [2.24, 2.45) is 0 Å². The summed E-state index contributed by atoms with van der Waals surface area (Å²) in [5.74, 6) is 0.0289. The van der Waals surface area contributed by atoms with Crippen molar-refractivity contribution in [1.82, 2.24) is 9.88 Å². The standard InChI is InChI=1S/C15H15N3O/c16-14-5-1-3-12-10-18(8-6-13(12)14)15(19)11-4-2-7-17-9-11/h1-5,7,9H,6,8,10,16H2. The number of nitrogens with two attached hydrogens (primary N) is 1. The number of nitrogen functional groups attached to an aromatic ring is 1. The van der Waals surface area contributed by atoms with E-state index >= 15 is 0 Å². The van der Waals surface area contributed by atoms with E-state index in [9.17, 15) is 4.79 Å². The van der Waals surface area contributed by atoms with Crippen LogP contribution in [0.15, 0.2) is 42.7 Å². The Morgan fingerprint density at radius 2 is 2.16 bits per heavy atom. The Morgan fingerprint density at radius 3 is 2.95 bits per heavy atom. The molecule has 0 aliphatic carbocycles. The number of fused-ring (bicyclic) bond motifs is 1. The van der Waals surface area contributed by atoms with Gasteiger partial charge >= 0.3 is 0 Å². The molecule has 96 valence electrons. The molecule has 0 atom stereocenters. The third-order valence-corrected chi connectivity index (χ3v) is 3.50. The third-order valence-electron chi connectivity index (χ3n) is 3.50. The molecule has 0 bridgehead atoms. The van der Waals surface area contributed by atoms with E-state index in [1.165, 1.54) is 5.56 Å². The molecule has 0 spiro atoms. The highest BCUT2D eigenvalue weighted by atomic mass is 16.2. The summed E-state index contributed by atoms with van der Waals surface area (Å²) in [7, 11) is 0. The molecule has 0 unspecified atom stereocenters. The van der Waals surface area contributed by atoms with Crippen LogP contribution in [0.5, 0.6) is 0 Å². The van der Waals surface area contributed by atoms with E-state index in [0.29, 0.717) is 18.7 Å². The second-order valence-corrected chi connectivity index (χ2v) is 4.70. The number of amides is 1. The molecule has 0 radical (unpaired) electrons. The number of carbonyl (C=O) groups is 1. The minimum Gasteiger partial charge on any atom is -0.398 e. The quantitative estimate of drug-likeness (QED) is 0.789. The Morgan fingerprint density at radius 1 is 1.26 bits per heavy atom. The van der Waals surface area contributed by atoms with Crippen LogP contribution in [0.3, 0.4) is 0 Å². The fourth-order valence-electron chi connectivity index (χ4n) is 2.48. The van der Waals surface area contributed by atoms with E-state index in [2.05, 4.69) is 4.98 Å². The van der Waals surface area contributed by atoms with Gasteiger partial charge in [-0.1, -0.05) is 12.1 Å². The Bertz CT molecular complexity index is 610. The first-order valence-corrected chi connectivity index (χ1v) is 6.31. The van der Waals surface area contributed by atoms with Gasteiger partial charge in [0.1, 0.15) is 0 Å². The molecule has 0 saturated heterocycles. The SMILES string of the molecule is Nc1cccc2c1CCN(C(=O)c1cccnc1)C2. The van der Waals surface area contributed by atoms with Crippen LogP contribution in [0.25, 0.3) is 0 Å². The van der Waals surface area contributed by atoms with Crippen molar-refractivity contribution in [2.45, 2.75) is 13.0 Å². The number of hydrogen-bond donors (Lipinski definition) is 1. The smallest absolute Gasteiger partial charge is 0.255 e. The maximum atomic E-state index is 12.3. The van der Waals surface area contributed by atoms with Crippen molar-refractivity contribution in [1.29, 1.82) is 0 Å². The van der Waals surface area contributed by atoms with Crippen molar-refractivity contribution in [3.8, 4) is 0 Å². The predicted molar refractivity (Wildman–Crippen MR) is 73.5 cm³/mol. The number of benzene rings is 1. The molecule has 4 nitrogen and oxygen atoms in total. The van der Waals surface area contributed by atoms with E-state index in [4.69, 9.17) is 5.73 Å². The minimum atomic E-state index is 0.0289. The Labute approximate surface area is 111 Å².